The highest BCUT2D eigenvalue weighted by atomic mass is 31.2. The van der Waals surface area contributed by atoms with E-state index in [1.165, 1.54) is 6.92 Å². The number of carboxylic acids is 1. The Bertz CT molecular complexity index is 216. The molecular formula is C5H12NO5P. The van der Waals surface area contributed by atoms with E-state index in [1.54, 1.807) is 0 Å². The van der Waals surface area contributed by atoms with Crippen molar-refractivity contribution in [1.82, 2.24) is 0 Å². The Morgan fingerprint density at radius 1 is 1.58 bits per heavy atom. The topological polar surface area (TPSA) is 110 Å². The largest absolute Gasteiger partial charge is 0.479 e. The third-order valence-electron chi connectivity index (χ3n) is 1.17. The van der Waals surface area contributed by atoms with Crippen LogP contribution in [0.1, 0.15) is 13.8 Å². The van der Waals surface area contributed by atoms with Gasteiger partial charge in [0.15, 0.2) is 6.10 Å². The molecule has 0 aromatic heterocycles. The summed E-state index contributed by atoms with van der Waals surface area (Å²) in [4.78, 5) is 19.2. The van der Waals surface area contributed by atoms with Gasteiger partial charge in [-0.25, -0.2) is 4.79 Å². The van der Waals surface area contributed by atoms with Gasteiger partial charge < -0.3 is 15.7 Å². The molecule has 0 heterocycles. The molecule has 72 valence electrons. The fourth-order valence-corrected chi connectivity index (χ4v) is 1.10. The Morgan fingerprint density at radius 2 is 2.00 bits per heavy atom. The minimum atomic E-state index is -3.98. The van der Waals surface area contributed by atoms with Crippen molar-refractivity contribution in [3.63, 3.8) is 0 Å². The molecule has 6 nitrogen and oxygen atoms in total. The Morgan fingerprint density at radius 3 is 2.25 bits per heavy atom. The third kappa shape index (κ3) is 3.32. The van der Waals surface area contributed by atoms with Crippen LogP contribution in [0.5, 0.6) is 0 Å². The maximum atomic E-state index is 11.0. The maximum absolute atomic E-state index is 11.0. The van der Waals surface area contributed by atoms with Crippen molar-refractivity contribution in [2.24, 2.45) is 5.73 Å². The van der Waals surface area contributed by atoms with Crippen molar-refractivity contribution in [3.05, 3.63) is 0 Å². The molecule has 0 saturated carbocycles. The second kappa shape index (κ2) is 4.00. The van der Waals surface area contributed by atoms with E-state index in [0.29, 0.717) is 0 Å². The Kier molecular flexibility index (Phi) is 3.86. The van der Waals surface area contributed by atoms with E-state index in [0.717, 1.165) is 6.92 Å². The summed E-state index contributed by atoms with van der Waals surface area (Å²) in [5.74, 6) is -2.38. The molecule has 0 saturated heterocycles. The van der Waals surface area contributed by atoms with Crippen LogP contribution in [0.4, 0.5) is 0 Å². The van der Waals surface area contributed by atoms with Crippen LogP contribution in [-0.4, -0.2) is 27.9 Å². The van der Waals surface area contributed by atoms with Crippen molar-refractivity contribution in [2.45, 2.75) is 25.7 Å². The molecular weight excluding hydrogens is 185 g/mol. The normalized spacial score (nSPS) is 21.0. The molecule has 0 spiro atoms. The molecule has 0 aromatic rings. The summed E-state index contributed by atoms with van der Waals surface area (Å²) >= 11 is 0. The standard InChI is InChI=1S/C5H12NO5P/c1-3(5(7)8)11-12(9,10)4(2)6/h3-4H,6H2,1-2H3,(H,7,8)(H,9,10)/t3-,4?/m1/s1. The van der Waals surface area contributed by atoms with Crippen molar-refractivity contribution >= 4 is 13.6 Å². The molecule has 3 atom stereocenters. The molecule has 2 unspecified atom stereocenters. The van der Waals surface area contributed by atoms with Gasteiger partial charge in [-0.3, -0.25) is 9.09 Å². The first-order valence-electron chi connectivity index (χ1n) is 3.26. The monoisotopic (exact) mass is 197 g/mol. The van der Waals surface area contributed by atoms with E-state index in [2.05, 4.69) is 4.52 Å². The van der Waals surface area contributed by atoms with Gasteiger partial charge in [-0.1, -0.05) is 0 Å². The van der Waals surface area contributed by atoms with Crippen molar-refractivity contribution in [2.75, 3.05) is 0 Å². The number of hydrogen-bond donors (Lipinski definition) is 3. The molecule has 0 aliphatic carbocycles. The summed E-state index contributed by atoms with van der Waals surface area (Å²) in [6.45, 7) is 2.43. The lowest BCUT2D eigenvalue weighted by Crippen LogP contribution is -2.24. The first-order chi connectivity index (χ1) is 5.27. The highest BCUT2D eigenvalue weighted by molar-refractivity contribution is 7.53. The number of carbonyl (C=O) groups is 1. The van der Waals surface area contributed by atoms with Gasteiger partial charge in [0.2, 0.25) is 0 Å². The van der Waals surface area contributed by atoms with E-state index in [1.807, 2.05) is 0 Å². The van der Waals surface area contributed by atoms with Crippen LogP contribution in [0.2, 0.25) is 0 Å². The predicted octanol–water partition coefficient (Wildman–Crippen LogP) is -0.0338. The quantitative estimate of drug-likeness (QED) is 0.545. The van der Waals surface area contributed by atoms with Gasteiger partial charge in [0.05, 0.1) is 0 Å². The third-order valence-corrected chi connectivity index (χ3v) is 2.82. The van der Waals surface area contributed by atoms with Crippen LogP contribution in [0.3, 0.4) is 0 Å². The molecule has 0 aromatic carbocycles. The Balaban J connectivity index is 4.25. The van der Waals surface area contributed by atoms with Crippen molar-refractivity contribution < 1.29 is 23.9 Å². The lowest BCUT2D eigenvalue weighted by molar-refractivity contribution is -0.144. The highest BCUT2D eigenvalue weighted by Crippen LogP contribution is 2.45. The molecule has 7 heteroatoms. The molecule has 0 fully saturated rings. The van der Waals surface area contributed by atoms with Crippen LogP contribution < -0.4 is 5.73 Å². The van der Waals surface area contributed by atoms with E-state index in [9.17, 15) is 9.36 Å². The van der Waals surface area contributed by atoms with Gasteiger partial charge >= 0.3 is 13.6 Å². The number of aliphatic carboxylic acids is 1. The Labute approximate surface area is 69.9 Å². The molecule has 0 rings (SSSR count). The smallest absolute Gasteiger partial charge is 0.345 e. The van der Waals surface area contributed by atoms with Crippen LogP contribution in [-0.2, 0) is 13.9 Å². The first kappa shape index (κ1) is 11.6. The number of carboxylic acid groups (broad SMARTS) is 1. The van der Waals surface area contributed by atoms with Crippen LogP contribution in [0, 0.1) is 0 Å². The van der Waals surface area contributed by atoms with E-state index in [-0.39, 0.29) is 0 Å². The molecule has 4 N–H and O–H groups in total. The van der Waals surface area contributed by atoms with Gasteiger partial charge in [-0.2, -0.15) is 0 Å². The summed E-state index contributed by atoms with van der Waals surface area (Å²) in [5.41, 5.74) is 5.09. The van der Waals surface area contributed by atoms with Gasteiger partial charge in [-0.05, 0) is 13.8 Å². The second-order valence-corrected chi connectivity index (χ2v) is 4.54. The first-order valence-corrected chi connectivity index (χ1v) is 4.91. The molecule has 0 radical (unpaired) electrons. The lowest BCUT2D eigenvalue weighted by Gasteiger charge is -2.17. The molecule has 0 aliphatic heterocycles. The van der Waals surface area contributed by atoms with Crippen LogP contribution in [0.25, 0.3) is 0 Å². The van der Waals surface area contributed by atoms with E-state index < -0.39 is 25.5 Å². The summed E-state index contributed by atoms with van der Waals surface area (Å²) in [5, 5.41) is 8.33. The van der Waals surface area contributed by atoms with Gasteiger partial charge in [-0.15, -0.1) is 0 Å². The van der Waals surface area contributed by atoms with Crippen molar-refractivity contribution in [3.8, 4) is 0 Å². The van der Waals surface area contributed by atoms with E-state index >= 15 is 0 Å². The lowest BCUT2D eigenvalue weighted by atomic mass is 10.4. The van der Waals surface area contributed by atoms with Gasteiger partial charge in [0.1, 0.15) is 5.78 Å². The van der Waals surface area contributed by atoms with E-state index in [4.69, 9.17) is 15.7 Å². The van der Waals surface area contributed by atoms with Crippen LogP contribution >= 0.6 is 7.60 Å². The zero-order chi connectivity index (χ0) is 9.94. The zero-order valence-electron chi connectivity index (χ0n) is 6.80. The summed E-state index contributed by atoms with van der Waals surface area (Å²) < 4.78 is 15.3. The Hall–Kier alpha value is -0.420. The second-order valence-electron chi connectivity index (χ2n) is 2.39. The summed E-state index contributed by atoms with van der Waals surface area (Å²) in [6.07, 6.45) is -1.33. The zero-order valence-corrected chi connectivity index (χ0v) is 7.69. The minimum Gasteiger partial charge on any atom is -0.479 e. The predicted molar refractivity (Wildman–Crippen MR) is 41.7 cm³/mol. The molecule has 0 bridgehead atoms. The number of hydrogen-bond acceptors (Lipinski definition) is 4. The number of rotatable bonds is 4. The van der Waals surface area contributed by atoms with Crippen molar-refractivity contribution in [1.29, 1.82) is 0 Å². The molecule has 0 aliphatic rings. The fraction of sp³-hybridized carbons (Fsp3) is 0.800. The number of nitrogens with two attached hydrogens (primary N) is 1. The highest BCUT2D eigenvalue weighted by Gasteiger charge is 2.30. The van der Waals surface area contributed by atoms with Gasteiger partial charge in [0.25, 0.3) is 0 Å². The SMILES string of the molecule is CC(N)P(=O)(O)O[C@H](C)C(=O)O. The van der Waals surface area contributed by atoms with Gasteiger partial charge in [0, 0.05) is 0 Å². The maximum Gasteiger partial charge on any atom is 0.345 e. The van der Waals surface area contributed by atoms with Crippen LogP contribution in [0.15, 0.2) is 0 Å². The minimum absolute atomic E-state index is 1.08. The molecule has 0 amide bonds. The summed E-state index contributed by atoms with van der Waals surface area (Å²) in [6, 6.07) is 0. The average Bonchev–Trinajstić information content (AvgIpc) is 1.85. The summed E-state index contributed by atoms with van der Waals surface area (Å²) in [7, 11) is -3.98. The average molecular weight is 197 g/mol. The molecule has 12 heavy (non-hydrogen) atoms. The fourth-order valence-electron chi connectivity index (χ4n) is 0.368.